The van der Waals surface area contributed by atoms with Gasteiger partial charge in [0.2, 0.25) is 0 Å². The van der Waals surface area contributed by atoms with Gasteiger partial charge in [0.15, 0.2) is 0 Å². The van der Waals surface area contributed by atoms with Crippen LogP contribution in [0.3, 0.4) is 0 Å². The fourth-order valence-electron chi connectivity index (χ4n) is 1.55. The Balaban J connectivity index is 2.72. The van der Waals surface area contributed by atoms with E-state index in [1.807, 2.05) is 11.6 Å². The van der Waals surface area contributed by atoms with Crippen LogP contribution in [0.1, 0.15) is 44.9 Å². The lowest BCUT2D eigenvalue weighted by atomic mass is 10.2. The van der Waals surface area contributed by atoms with Crippen LogP contribution in [0.15, 0.2) is 0 Å². The van der Waals surface area contributed by atoms with Gasteiger partial charge in [-0.2, -0.15) is 5.10 Å². The van der Waals surface area contributed by atoms with Crippen molar-refractivity contribution in [2.75, 3.05) is 0 Å². The number of nitrogens with zero attached hydrogens (tertiary/aromatic N) is 2. The molecule has 0 atom stereocenters. The highest BCUT2D eigenvalue weighted by atomic mass is 35.5. The molecule has 3 nitrogen and oxygen atoms in total. The zero-order chi connectivity index (χ0) is 12.1. The summed E-state index contributed by atoms with van der Waals surface area (Å²) in [5.41, 5.74) is 2.17. The molecule has 0 fully saturated rings. The first-order chi connectivity index (χ1) is 7.56. The average molecular weight is 244 g/mol. The normalized spacial score (nSPS) is 11.4. The van der Waals surface area contributed by atoms with E-state index < -0.39 is 0 Å². The van der Waals surface area contributed by atoms with Crippen molar-refractivity contribution in [1.82, 2.24) is 15.1 Å². The molecule has 0 saturated carbocycles. The van der Waals surface area contributed by atoms with Gasteiger partial charge in [-0.1, -0.05) is 38.8 Å². The van der Waals surface area contributed by atoms with E-state index in [-0.39, 0.29) is 0 Å². The van der Waals surface area contributed by atoms with Crippen molar-refractivity contribution in [3.63, 3.8) is 0 Å². The second kappa shape index (κ2) is 6.26. The number of unbranched alkanes of at least 4 members (excludes halogenated alkanes) is 1. The van der Waals surface area contributed by atoms with Crippen LogP contribution in [0, 0.1) is 6.92 Å². The summed E-state index contributed by atoms with van der Waals surface area (Å²) in [6, 6.07) is 0.467. The van der Waals surface area contributed by atoms with Crippen LogP contribution < -0.4 is 5.32 Å². The number of rotatable bonds is 6. The summed E-state index contributed by atoms with van der Waals surface area (Å²) in [4.78, 5) is 0. The molecular weight excluding hydrogens is 222 g/mol. The molecule has 0 radical (unpaired) electrons. The molecule has 1 aromatic rings. The molecule has 1 heterocycles. The summed E-state index contributed by atoms with van der Waals surface area (Å²) in [6.07, 6.45) is 2.28. The van der Waals surface area contributed by atoms with Crippen LogP contribution in [-0.4, -0.2) is 15.8 Å². The smallest absolute Gasteiger partial charge is 0.131 e. The van der Waals surface area contributed by atoms with Gasteiger partial charge in [-0.15, -0.1) is 0 Å². The lowest BCUT2D eigenvalue weighted by molar-refractivity contribution is 0.567. The average Bonchev–Trinajstić information content (AvgIpc) is 2.48. The molecule has 0 aromatic carbocycles. The van der Waals surface area contributed by atoms with Crippen molar-refractivity contribution in [3.05, 3.63) is 16.4 Å². The van der Waals surface area contributed by atoms with Crippen molar-refractivity contribution in [3.8, 4) is 0 Å². The predicted octanol–water partition coefficient (Wildman–Crippen LogP) is 3.14. The molecule has 0 amide bonds. The minimum atomic E-state index is 0.467. The molecule has 1 N–H and O–H groups in total. The van der Waals surface area contributed by atoms with E-state index >= 15 is 0 Å². The second-order valence-corrected chi connectivity index (χ2v) is 4.83. The van der Waals surface area contributed by atoms with Gasteiger partial charge in [0.25, 0.3) is 0 Å². The molecule has 0 unspecified atom stereocenters. The van der Waals surface area contributed by atoms with Crippen LogP contribution in [0.4, 0.5) is 0 Å². The summed E-state index contributed by atoms with van der Waals surface area (Å²) in [5.74, 6) is 0. The van der Waals surface area contributed by atoms with E-state index in [4.69, 9.17) is 11.6 Å². The summed E-state index contributed by atoms with van der Waals surface area (Å²) >= 11 is 6.31. The third kappa shape index (κ3) is 3.49. The van der Waals surface area contributed by atoms with Gasteiger partial charge in [-0.05, 0) is 13.3 Å². The first-order valence-corrected chi connectivity index (χ1v) is 6.39. The molecule has 16 heavy (non-hydrogen) atoms. The van der Waals surface area contributed by atoms with Crippen molar-refractivity contribution < 1.29 is 0 Å². The maximum atomic E-state index is 6.31. The Bertz CT molecular complexity index is 331. The van der Waals surface area contributed by atoms with Gasteiger partial charge in [0, 0.05) is 24.7 Å². The number of aromatic nitrogens is 2. The second-order valence-electron chi connectivity index (χ2n) is 4.47. The van der Waals surface area contributed by atoms with Crippen molar-refractivity contribution in [2.45, 2.75) is 59.7 Å². The van der Waals surface area contributed by atoms with Crippen molar-refractivity contribution in [2.24, 2.45) is 0 Å². The highest BCUT2D eigenvalue weighted by molar-refractivity contribution is 6.30. The standard InChI is InChI=1S/C12H22ClN3/c1-5-6-7-16-12(13)11(10(4)15-16)8-14-9(2)3/h9,14H,5-8H2,1-4H3. The Morgan fingerprint density at radius 2 is 2.12 bits per heavy atom. The van der Waals surface area contributed by atoms with Gasteiger partial charge < -0.3 is 5.32 Å². The fourth-order valence-corrected chi connectivity index (χ4v) is 1.88. The number of aryl methyl sites for hydroxylation is 2. The lowest BCUT2D eigenvalue weighted by Crippen LogP contribution is -2.22. The lowest BCUT2D eigenvalue weighted by Gasteiger charge is -2.07. The van der Waals surface area contributed by atoms with Crippen molar-refractivity contribution in [1.29, 1.82) is 0 Å². The van der Waals surface area contributed by atoms with E-state index in [0.29, 0.717) is 6.04 Å². The van der Waals surface area contributed by atoms with Crippen molar-refractivity contribution >= 4 is 11.6 Å². The predicted molar refractivity (Wildman–Crippen MR) is 68.9 cm³/mol. The Hall–Kier alpha value is -0.540. The number of hydrogen-bond acceptors (Lipinski definition) is 2. The molecule has 0 spiro atoms. The van der Waals surface area contributed by atoms with Gasteiger partial charge in [0.05, 0.1) is 5.69 Å². The fraction of sp³-hybridized carbons (Fsp3) is 0.750. The first kappa shape index (κ1) is 13.5. The third-order valence-electron chi connectivity index (χ3n) is 2.59. The maximum Gasteiger partial charge on any atom is 0.131 e. The number of halogens is 1. The monoisotopic (exact) mass is 243 g/mol. The topological polar surface area (TPSA) is 29.9 Å². The number of nitrogens with one attached hydrogen (secondary N) is 1. The minimum absolute atomic E-state index is 0.467. The SMILES string of the molecule is CCCCn1nc(C)c(CNC(C)C)c1Cl. The van der Waals surface area contributed by atoms with Crippen LogP contribution in [0.5, 0.6) is 0 Å². The van der Waals surface area contributed by atoms with E-state index in [1.165, 1.54) is 0 Å². The molecule has 0 aliphatic carbocycles. The summed E-state index contributed by atoms with van der Waals surface area (Å²) in [6.45, 7) is 10.2. The Morgan fingerprint density at radius 1 is 1.44 bits per heavy atom. The van der Waals surface area contributed by atoms with Crippen LogP contribution >= 0.6 is 11.6 Å². The van der Waals surface area contributed by atoms with Gasteiger partial charge >= 0.3 is 0 Å². The molecule has 0 saturated heterocycles. The summed E-state index contributed by atoms with van der Waals surface area (Å²) in [5, 5.41) is 8.64. The number of hydrogen-bond donors (Lipinski definition) is 1. The molecule has 1 rings (SSSR count). The molecular formula is C12H22ClN3. The third-order valence-corrected chi connectivity index (χ3v) is 3.02. The van der Waals surface area contributed by atoms with Crippen LogP contribution in [0.2, 0.25) is 5.15 Å². The zero-order valence-electron chi connectivity index (χ0n) is 10.7. The van der Waals surface area contributed by atoms with E-state index in [2.05, 4.69) is 31.2 Å². The first-order valence-electron chi connectivity index (χ1n) is 6.01. The summed E-state index contributed by atoms with van der Waals surface area (Å²) in [7, 11) is 0. The summed E-state index contributed by atoms with van der Waals surface area (Å²) < 4.78 is 1.91. The van der Waals surface area contributed by atoms with E-state index in [9.17, 15) is 0 Å². The Kier molecular flexibility index (Phi) is 5.29. The van der Waals surface area contributed by atoms with Crippen LogP contribution in [0.25, 0.3) is 0 Å². The van der Waals surface area contributed by atoms with Gasteiger partial charge in [-0.3, -0.25) is 4.68 Å². The van der Waals surface area contributed by atoms with Gasteiger partial charge in [-0.25, -0.2) is 0 Å². The highest BCUT2D eigenvalue weighted by Crippen LogP contribution is 2.20. The Labute approximate surface area is 103 Å². The Morgan fingerprint density at radius 3 is 2.69 bits per heavy atom. The molecule has 0 bridgehead atoms. The molecule has 4 heteroatoms. The highest BCUT2D eigenvalue weighted by Gasteiger charge is 2.12. The van der Waals surface area contributed by atoms with E-state index in [1.54, 1.807) is 0 Å². The molecule has 1 aromatic heterocycles. The van der Waals surface area contributed by atoms with E-state index in [0.717, 1.165) is 42.3 Å². The molecule has 0 aliphatic rings. The minimum Gasteiger partial charge on any atom is -0.310 e. The van der Waals surface area contributed by atoms with Gasteiger partial charge in [0.1, 0.15) is 5.15 Å². The quantitative estimate of drug-likeness (QED) is 0.832. The molecule has 0 aliphatic heterocycles. The maximum absolute atomic E-state index is 6.31. The molecule has 92 valence electrons. The zero-order valence-corrected chi connectivity index (χ0v) is 11.4. The van der Waals surface area contributed by atoms with Crippen LogP contribution in [-0.2, 0) is 13.1 Å². The largest absolute Gasteiger partial charge is 0.310 e.